The van der Waals surface area contributed by atoms with Crippen LogP contribution in [0.4, 0.5) is 0 Å². The first-order valence-corrected chi connectivity index (χ1v) is 9.52. The van der Waals surface area contributed by atoms with Crippen molar-refractivity contribution in [2.24, 2.45) is 0 Å². The fourth-order valence-corrected chi connectivity index (χ4v) is 3.38. The molecule has 5 rings (SSSR count). The SMILES string of the molecule is Cc1cccc(-c2[nH]cnc2-c2ccc3ncc(-c4ncc(C(=O)O)cn4)cc3c2)n1. The number of hydrogen-bond acceptors (Lipinski definition) is 6. The normalized spacial score (nSPS) is 11.0. The van der Waals surface area contributed by atoms with E-state index in [1.54, 1.807) is 12.5 Å². The van der Waals surface area contributed by atoms with Gasteiger partial charge in [0.05, 0.1) is 34.5 Å². The molecule has 0 amide bonds. The second-order valence-electron chi connectivity index (χ2n) is 7.02. The highest BCUT2D eigenvalue weighted by Gasteiger charge is 2.13. The van der Waals surface area contributed by atoms with Crippen molar-refractivity contribution in [1.82, 2.24) is 29.9 Å². The minimum atomic E-state index is -1.06. The van der Waals surface area contributed by atoms with Crippen LogP contribution in [-0.4, -0.2) is 41.0 Å². The first-order valence-electron chi connectivity index (χ1n) is 9.52. The van der Waals surface area contributed by atoms with Crippen molar-refractivity contribution in [3.8, 4) is 34.0 Å². The van der Waals surface area contributed by atoms with Gasteiger partial charge in [-0.25, -0.2) is 19.7 Å². The lowest BCUT2D eigenvalue weighted by atomic mass is 10.0. The zero-order valence-corrected chi connectivity index (χ0v) is 16.4. The highest BCUT2D eigenvalue weighted by Crippen LogP contribution is 2.30. The summed E-state index contributed by atoms with van der Waals surface area (Å²) in [6.45, 7) is 1.95. The van der Waals surface area contributed by atoms with E-state index >= 15 is 0 Å². The fraction of sp³-hybridized carbons (Fsp3) is 0.0435. The zero-order valence-electron chi connectivity index (χ0n) is 16.4. The number of nitrogens with one attached hydrogen (secondary N) is 1. The molecule has 4 heterocycles. The summed E-state index contributed by atoms with van der Waals surface area (Å²) in [6.07, 6.45) is 5.91. The van der Waals surface area contributed by atoms with Crippen LogP contribution < -0.4 is 0 Å². The third-order valence-electron chi connectivity index (χ3n) is 4.90. The van der Waals surface area contributed by atoms with Gasteiger partial charge >= 0.3 is 5.97 Å². The Morgan fingerprint density at radius 1 is 0.935 bits per heavy atom. The number of aromatic amines is 1. The number of nitrogens with zero attached hydrogens (tertiary/aromatic N) is 5. The van der Waals surface area contributed by atoms with Crippen molar-refractivity contribution in [2.45, 2.75) is 6.92 Å². The molecule has 0 saturated heterocycles. The van der Waals surface area contributed by atoms with Crippen molar-refractivity contribution in [2.75, 3.05) is 0 Å². The number of pyridine rings is 2. The van der Waals surface area contributed by atoms with E-state index in [4.69, 9.17) is 5.11 Å². The molecular formula is C23H16N6O2. The van der Waals surface area contributed by atoms with E-state index in [-0.39, 0.29) is 5.56 Å². The number of carbonyl (C=O) groups is 1. The minimum absolute atomic E-state index is 0.0376. The topological polar surface area (TPSA) is 118 Å². The van der Waals surface area contributed by atoms with E-state index in [0.717, 1.165) is 39.2 Å². The number of aryl methyl sites for hydroxylation is 1. The highest BCUT2D eigenvalue weighted by molar-refractivity contribution is 5.89. The Labute approximate surface area is 176 Å². The number of fused-ring (bicyclic) bond motifs is 1. The maximum absolute atomic E-state index is 11.0. The van der Waals surface area contributed by atoms with E-state index < -0.39 is 5.97 Å². The Balaban J connectivity index is 1.56. The van der Waals surface area contributed by atoms with Crippen molar-refractivity contribution in [3.63, 3.8) is 0 Å². The third kappa shape index (κ3) is 3.51. The van der Waals surface area contributed by atoms with Crippen molar-refractivity contribution in [3.05, 3.63) is 78.6 Å². The fourth-order valence-electron chi connectivity index (χ4n) is 3.38. The highest BCUT2D eigenvalue weighted by atomic mass is 16.4. The van der Waals surface area contributed by atoms with Crippen molar-refractivity contribution >= 4 is 16.9 Å². The first kappa shape index (κ1) is 18.6. The molecule has 1 aromatic carbocycles. The Hall–Kier alpha value is -4.46. The molecule has 31 heavy (non-hydrogen) atoms. The van der Waals surface area contributed by atoms with Gasteiger partial charge in [-0.15, -0.1) is 0 Å². The van der Waals surface area contributed by atoms with Crippen LogP contribution in [0.5, 0.6) is 0 Å². The second-order valence-corrected chi connectivity index (χ2v) is 7.02. The third-order valence-corrected chi connectivity index (χ3v) is 4.90. The predicted molar refractivity (Wildman–Crippen MR) is 115 cm³/mol. The van der Waals surface area contributed by atoms with Gasteiger partial charge in [0, 0.05) is 40.8 Å². The molecule has 0 aliphatic carbocycles. The summed E-state index contributed by atoms with van der Waals surface area (Å²) >= 11 is 0. The number of rotatable bonds is 4. The maximum Gasteiger partial charge on any atom is 0.338 e. The molecule has 150 valence electrons. The van der Waals surface area contributed by atoms with Crippen LogP contribution in [-0.2, 0) is 0 Å². The molecule has 0 aliphatic rings. The van der Waals surface area contributed by atoms with E-state index in [9.17, 15) is 4.79 Å². The molecule has 0 bridgehead atoms. The van der Waals surface area contributed by atoms with Gasteiger partial charge in [-0.3, -0.25) is 9.97 Å². The van der Waals surface area contributed by atoms with Crippen molar-refractivity contribution in [1.29, 1.82) is 0 Å². The Morgan fingerprint density at radius 2 is 1.74 bits per heavy atom. The number of imidazole rings is 1. The molecule has 2 N–H and O–H groups in total. The standard InChI is InChI=1S/C23H16N6O2/c1-13-3-2-4-19(29-13)21-20(27-12-28-21)14-5-6-18-15(7-14)8-16(9-24-18)22-25-10-17(11-26-22)23(30)31/h2-12H,1H3,(H,27,28)(H,30,31). The molecule has 0 unspecified atom stereocenters. The Bertz CT molecular complexity index is 1430. The molecule has 8 nitrogen and oxygen atoms in total. The smallest absolute Gasteiger partial charge is 0.338 e. The van der Waals surface area contributed by atoms with Crippen LogP contribution in [0.2, 0.25) is 0 Å². The van der Waals surface area contributed by atoms with Gasteiger partial charge in [-0.2, -0.15) is 0 Å². The molecule has 0 aliphatic heterocycles. The minimum Gasteiger partial charge on any atom is -0.478 e. The lowest BCUT2D eigenvalue weighted by Crippen LogP contribution is -1.99. The first-order chi connectivity index (χ1) is 15.1. The number of carboxylic acids is 1. The van der Waals surface area contributed by atoms with Gasteiger partial charge in [-0.1, -0.05) is 12.1 Å². The van der Waals surface area contributed by atoms with E-state index in [1.165, 1.54) is 12.4 Å². The molecule has 4 aromatic heterocycles. The van der Waals surface area contributed by atoms with Gasteiger partial charge in [-0.05, 0) is 37.3 Å². The van der Waals surface area contributed by atoms with Gasteiger partial charge in [0.2, 0.25) is 0 Å². The Kier molecular flexibility index (Phi) is 4.44. The van der Waals surface area contributed by atoms with Gasteiger partial charge in [0.1, 0.15) is 0 Å². The number of aromatic nitrogens is 6. The largest absolute Gasteiger partial charge is 0.478 e. The van der Waals surface area contributed by atoms with Crippen molar-refractivity contribution < 1.29 is 9.90 Å². The lowest BCUT2D eigenvalue weighted by Gasteiger charge is -2.06. The van der Waals surface area contributed by atoms with Gasteiger partial charge < -0.3 is 10.1 Å². The molecular weight excluding hydrogens is 392 g/mol. The molecule has 5 aromatic rings. The summed E-state index contributed by atoms with van der Waals surface area (Å²) in [5.74, 6) is -0.653. The predicted octanol–water partition coefficient (Wildman–Crippen LogP) is 4.15. The summed E-state index contributed by atoms with van der Waals surface area (Å²) < 4.78 is 0. The van der Waals surface area contributed by atoms with Gasteiger partial charge in [0.15, 0.2) is 5.82 Å². The summed E-state index contributed by atoms with van der Waals surface area (Å²) in [5, 5.41) is 9.92. The average molecular weight is 408 g/mol. The quantitative estimate of drug-likeness (QED) is 0.459. The average Bonchev–Trinajstić information content (AvgIpc) is 3.28. The van der Waals surface area contributed by atoms with Crippen LogP contribution in [0, 0.1) is 6.92 Å². The number of carboxylic acid groups (broad SMARTS) is 1. The van der Waals surface area contributed by atoms with Crippen LogP contribution in [0.1, 0.15) is 16.1 Å². The van der Waals surface area contributed by atoms with Gasteiger partial charge in [0.25, 0.3) is 0 Å². The van der Waals surface area contributed by atoms with Crippen LogP contribution in [0.3, 0.4) is 0 Å². The molecule has 0 spiro atoms. The van der Waals surface area contributed by atoms with E-state index in [2.05, 4.69) is 29.9 Å². The molecule has 8 heteroatoms. The number of H-pyrrole nitrogens is 1. The monoisotopic (exact) mass is 408 g/mol. The van der Waals surface area contributed by atoms with Crippen LogP contribution in [0.25, 0.3) is 44.9 Å². The Morgan fingerprint density at radius 3 is 2.52 bits per heavy atom. The number of aromatic carboxylic acids is 1. The molecule has 0 fully saturated rings. The second kappa shape index (κ2) is 7.42. The summed E-state index contributed by atoms with van der Waals surface area (Å²) in [5.41, 5.74) is 5.88. The lowest BCUT2D eigenvalue weighted by molar-refractivity contribution is 0.0696. The molecule has 0 radical (unpaired) electrons. The van der Waals surface area contributed by atoms with E-state index in [1.807, 2.05) is 49.4 Å². The maximum atomic E-state index is 11.0. The summed E-state index contributed by atoms with van der Waals surface area (Å²) in [7, 11) is 0. The summed E-state index contributed by atoms with van der Waals surface area (Å²) in [6, 6.07) is 13.7. The molecule has 0 saturated carbocycles. The van der Waals surface area contributed by atoms with E-state index in [0.29, 0.717) is 11.4 Å². The van der Waals surface area contributed by atoms with Crippen LogP contribution in [0.15, 0.2) is 67.4 Å². The summed E-state index contributed by atoms with van der Waals surface area (Å²) in [4.78, 5) is 36.1. The molecule has 0 atom stereocenters. The number of hydrogen-bond donors (Lipinski definition) is 2. The van der Waals surface area contributed by atoms with Crippen LogP contribution >= 0.6 is 0 Å². The number of benzene rings is 1. The zero-order chi connectivity index (χ0) is 21.4.